The molecule has 1 aromatic heterocycles. The molecule has 0 aliphatic carbocycles. The summed E-state index contributed by atoms with van der Waals surface area (Å²) in [6, 6.07) is 5.60. The number of carbonyl (C=O) groups excluding carboxylic acids is 1. The van der Waals surface area contributed by atoms with E-state index in [1.165, 1.54) is 11.8 Å². The van der Waals surface area contributed by atoms with Gasteiger partial charge in [-0.05, 0) is 37.5 Å². The van der Waals surface area contributed by atoms with Gasteiger partial charge in [-0.15, -0.1) is 10.2 Å². The van der Waals surface area contributed by atoms with Crippen molar-refractivity contribution in [1.29, 1.82) is 0 Å². The van der Waals surface area contributed by atoms with Crippen LogP contribution in [0.4, 0.5) is 0 Å². The maximum absolute atomic E-state index is 12.3. The average Bonchev–Trinajstić information content (AvgIpc) is 3.10. The molecule has 0 spiro atoms. The van der Waals surface area contributed by atoms with Crippen LogP contribution in [0.5, 0.6) is 11.5 Å². The largest absolute Gasteiger partial charge is 0.493 e. The fourth-order valence-electron chi connectivity index (χ4n) is 3.74. The Morgan fingerprint density at radius 1 is 1.15 bits per heavy atom. The quantitative estimate of drug-likeness (QED) is 0.465. The maximum atomic E-state index is 12.3. The fraction of sp³-hybridized carbons (Fsp3) is 0.609. The third-order valence-corrected chi connectivity index (χ3v) is 6.66. The van der Waals surface area contributed by atoms with Gasteiger partial charge in [-0.25, -0.2) is 0 Å². The number of thioether (sulfide) groups is 1. The molecule has 1 fully saturated rings. The van der Waals surface area contributed by atoms with Crippen LogP contribution in [0.25, 0.3) is 0 Å². The van der Waals surface area contributed by atoms with Gasteiger partial charge in [-0.3, -0.25) is 4.79 Å². The second-order valence-corrected chi connectivity index (χ2v) is 8.93. The van der Waals surface area contributed by atoms with Crippen molar-refractivity contribution in [1.82, 2.24) is 19.7 Å². The minimum Gasteiger partial charge on any atom is -0.493 e. The highest BCUT2D eigenvalue weighted by atomic mass is 32.2. The zero-order valence-electron chi connectivity index (χ0n) is 19.7. The highest BCUT2D eigenvalue weighted by molar-refractivity contribution is 7.99. The van der Waals surface area contributed by atoms with E-state index >= 15 is 0 Å². The normalized spacial score (nSPS) is 15.4. The molecule has 1 N–H and O–H groups in total. The molecule has 1 unspecified atom stereocenters. The van der Waals surface area contributed by atoms with Crippen molar-refractivity contribution in [3.05, 3.63) is 29.6 Å². The number of aromatic nitrogens is 3. The van der Waals surface area contributed by atoms with Crippen LogP contribution in [0.2, 0.25) is 0 Å². The molecule has 9 nitrogen and oxygen atoms in total. The standard InChI is InChI=1S/C23H34N4O5S/c1-4-27-21(13-26-11-7-5-6-8-22(26)29)24-25-23(27)33-16-18(28)15-32-14-17-9-10-19(30-2)20(12-17)31-3/h9-10,12,18,28H,4-8,11,13-16H2,1-3H3. The monoisotopic (exact) mass is 478 g/mol. The number of nitrogens with zero attached hydrogens (tertiary/aromatic N) is 4. The maximum Gasteiger partial charge on any atom is 0.222 e. The van der Waals surface area contributed by atoms with Gasteiger partial charge in [-0.2, -0.15) is 0 Å². The van der Waals surface area contributed by atoms with E-state index in [0.29, 0.717) is 43.4 Å². The minimum atomic E-state index is -0.646. The summed E-state index contributed by atoms with van der Waals surface area (Å²) >= 11 is 1.44. The van der Waals surface area contributed by atoms with E-state index in [2.05, 4.69) is 10.2 Å². The molecule has 182 valence electrons. The lowest BCUT2D eigenvalue weighted by molar-refractivity contribution is -0.131. The molecule has 10 heteroatoms. The van der Waals surface area contributed by atoms with Crippen LogP contribution in [0, 0.1) is 0 Å². The van der Waals surface area contributed by atoms with E-state index in [-0.39, 0.29) is 12.5 Å². The van der Waals surface area contributed by atoms with Crippen molar-refractivity contribution >= 4 is 17.7 Å². The third kappa shape index (κ3) is 7.09. The molecular weight excluding hydrogens is 444 g/mol. The number of amides is 1. The minimum absolute atomic E-state index is 0.189. The summed E-state index contributed by atoms with van der Waals surface area (Å²) in [6.45, 7) is 4.56. The summed E-state index contributed by atoms with van der Waals surface area (Å²) in [6.07, 6.45) is 3.05. The first-order chi connectivity index (χ1) is 16.0. The second-order valence-electron chi connectivity index (χ2n) is 7.94. The first-order valence-electron chi connectivity index (χ1n) is 11.3. The molecule has 0 radical (unpaired) electrons. The Labute approximate surface area is 199 Å². The van der Waals surface area contributed by atoms with E-state index in [9.17, 15) is 9.90 Å². The van der Waals surface area contributed by atoms with Crippen LogP contribution < -0.4 is 9.47 Å². The van der Waals surface area contributed by atoms with Gasteiger partial charge in [0.05, 0.1) is 40.1 Å². The van der Waals surface area contributed by atoms with Crippen LogP contribution in [0.1, 0.15) is 44.0 Å². The van der Waals surface area contributed by atoms with Crippen LogP contribution in [0.3, 0.4) is 0 Å². The Kier molecular flexibility index (Phi) is 9.83. The summed E-state index contributed by atoms with van der Waals surface area (Å²) in [7, 11) is 3.19. The van der Waals surface area contributed by atoms with Crippen molar-refractivity contribution in [2.45, 2.75) is 63.6 Å². The van der Waals surface area contributed by atoms with Crippen LogP contribution in [-0.4, -0.2) is 69.9 Å². The predicted molar refractivity (Wildman–Crippen MR) is 126 cm³/mol. The highest BCUT2D eigenvalue weighted by Gasteiger charge is 2.21. The van der Waals surface area contributed by atoms with Crippen molar-refractivity contribution in [3.8, 4) is 11.5 Å². The Hall–Kier alpha value is -2.30. The van der Waals surface area contributed by atoms with Gasteiger partial charge in [0.1, 0.15) is 0 Å². The number of hydrogen-bond donors (Lipinski definition) is 1. The fourth-order valence-corrected chi connectivity index (χ4v) is 4.67. The van der Waals surface area contributed by atoms with Crippen LogP contribution in [-0.2, 0) is 29.2 Å². The van der Waals surface area contributed by atoms with E-state index in [4.69, 9.17) is 14.2 Å². The second kappa shape index (κ2) is 12.8. The lowest BCUT2D eigenvalue weighted by Gasteiger charge is -2.20. The number of aliphatic hydroxyl groups is 1. The van der Waals surface area contributed by atoms with Crippen LogP contribution in [0.15, 0.2) is 23.4 Å². The average molecular weight is 479 g/mol. The topological polar surface area (TPSA) is 98.9 Å². The Morgan fingerprint density at radius 2 is 1.97 bits per heavy atom. The molecule has 1 amide bonds. The SMILES string of the molecule is CCn1c(CN2CCCCCC2=O)nnc1SCC(O)COCc1ccc(OC)c(OC)c1. The summed E-state index contributed by atoms with van der Waals surface area (Å²) in [5, 5.41) is 19.7. The first kappa shape index (κ1) is 25.3. The van der Waals surface area contributed by atoms with E-state index in [1.807, 2.05) is 34.6 Å². The van der Waals surface area contributed by atoms with E-state index in [1.54, 1.807) is 14.2 Å². The number of rotatable bonds is 12. The molecule has 33 heavy (non-hydrogen) atoms. The van der Waals surface area contributed by atoms with E-state index < -0.39 is 6.10 Å². The highest BCUT2D eigenvalue weighted by Crippen LogP contribution is 2.28. The Morgan fingerprint density at radius 3 is 2.73 bits per heavy atom. The zero-order valence-corrected chi connectivity index (χ0v) is 20.5. The lowest BCUT2D eigenvalue weighted by atomic mass is 10.2. The summed E-state index contributed by atoms with van der Waals surface area (Å²) < 4.78 is 18.2. The van der Waals surface area contributed by atoms with Gasteiger partial charge in [-0.1, -0.05) is 24.2 Å². The van der Waals surface area contributed by atoms with Crippen LogP contribution >= 0.6 is 11.8 Å². The molecule has 2 aromatic rings. The van der Waals surface area contributed by atoms with Gasteiger partial charge in [0.15, 0.2) is 22.5 Å². The predicted octanol–water partition coefficient (Wildman–Crippen LogP) is 2.89. The number of hydrogen-bond acceptors (Lipinski definition) is 8. The first-order valence-corrected chi connectivity index (χ1v) is 12.3. The van der Waals surface area contributed by atoms with Gasteiger partial charge < -0.3 is 28.8 Å². The summed E-state index contributed by atoms with van der Waals surface area (Å²) in [5.41, 5.74) is 0.936. The molecular formula is C23H34N4O5S. The summed E-state index contributed by atoms with van der Waals surface area (Å²) in [5.74, 6) is 2.72. The van der Waals surface area contributed by atoms with Gasteiger partial charge in [0, 0.05) is 25.3 Å². The number of likely N-dealkylation sites (tertiary alicyclic amines) is 1. The van der Waals surface area contributed by atoms with Gasteiger partial charge in [0.2, 0.25) is 5.91 Å². The number of methoxy groups -OCH3 is 2. The van der Waals surface area contributed by atoms with Crippen molar-refractivity contribution in [3.63, 3.8) is 0 Å². The Balaban J connectivity index is 1.48. The molecule has 0 saturated carbocycles. The molecule has 0 bridgehead atoms. The molecule has 1 aliphatic heterocycles. The molecule has 1 aliphatic rings. The number of aliphatic hydroxyl groups excluding tert-OH is 1. The lowest BCUT2D eigenvalue weighted by Crippen LogP contribution is -2.31. The smallest absolute Gasteiger partial charge is 0.222 e. The third-order valence-electron chi connectivity index (χ3n) is 5.55. The number of carbonyl (C=O) groups is 1. The molecule has 1 saturated heterocycles. The summed E-state index contributed by atoms with van der Waals surface area (Å²) in [4.78, 5) is 14.2. The zero-order chi connectivity index (χ0) is 23.6. The van der Waals surface area contributed by atoms with Crippen molar-refractivity contribution in [2.75, 3.05) is 33.1 Å². The Bertz CT molecular complexity index is 907. The van der Waals surface area contributed by atoms with Crippen molar-refractivity contribution < 1.29 is 24.1 Å². The molecule has 2 heterocycles. The number of ether oxygens (including phenoxy) is 3. The molecule has 1 aromatic carbocycles. The van der Waals surface area contributed by atoms with E-state index in [0.717, 1.165) is 42.4 Å². The molecule has 3 rings (SSSR count). The molecule has 1 atom stereocenters. The van der Waals surface area contributed by atoms with Crippen molar-refractivity contribution in [2.24, 2.45) is 0 Å². The van der Waals surface area contributed by atoms with Gasteiger partial charge in [0.25, 0.3) is 0 Å². The number of benzene rings is 1. The van der Waals surface area contributed by atoms with Gasteiger partial charge >= 0.3 is 0 Å².